The van der Waals surface area contributed by atoms with Gasteiger partial charge in [-0.2, -0.15) is 4.37 Å². The summed E-state index contributed by atoms with van der Waals surface area (Å²) in [5.41, 5.74) is 7.19. The molecule has 17 heavy (non-hydrogen) atoms. The van der Waals surface area contributed by atoms with Crippen molar-refractivity contribution in [2.45, 2.75) is 32.6 Å². The fraction of sp³-hybridized carbons (Fsp3) is 0.750. The molecule has 5 heteroatoms. The summed E-state index contributed by atoms with van der Waals surface area (Å²) in [6, 6.07) is 0. The van der Waals surface area contributed by atoms with E-state index in [1.807, 2.05) is 0 Å². The normalized spacial score (nSPS) is 15.5. The van der Waals surface area contributed by atoms with Crippen LogP contribution in [0.15, 0.2) is 0 Å². The Labute approximate surface area is 107 Å². The second-order valence-electron chi connectivity index (χ2n) is 4.54. The molecule has 0 bridgehead atoms. The number of aromatic nitrogens is 1. The summed E-state index contributed by atoms with van der Waals surface area (Å²) in [4.78, 5) is 2.41. The van der Waals surface area contributed by atoms with Crippen molar-refractivity contribution in [3.8, 4) is 0 Å². The number of anilines is 2. The van der Waals surface area contributed by atoms with E-state index in [1.54, 1.807) is 0 Å². The molecule has 1 aromatic rings. The van der Waals surface area contributed by atoms with Gasteiger partial charge in [0.25, 0.3) is 0 Å². The van der Waals surface area contributed by atoms with Crippen LogP contribution in [0.3, 0.4) is 0 Å². The van der Waals surface area contributed by atoms with Crippen molar-refractivity contribution < 1.29 is 0 Å². The zero-order chi connectivity index (χ0) is 12.3. The summed E-state index contributed by atoms with van der Waals surface area (Å²) in [5.74, 6) is 1.41. The van der Waals surface area contributed by atoms with Crippen molar-refractivity contribution in [1.82, 2.24) is 9.27 Å². The molecule has 1 saturated carbocycles. The van der Waals surface area contributed by atoms with Crippen LogP contribution in [0.1, 0.15) is 38.2 Å². The van der Waals surface area contributed by atoms with Crippen LogP contribution in [0.5, 0.6) is 0 Å². The van der Waals surface area contributed by atoms with E-state index in [4.69, 9.17) is 5.73 Å². The van der Waals surface area contributed by atoms with Crippen LogP contribution in [0.25, 0.3) is 0 Å². The first-order valence-corrected chi connectivity index (χ1v) is 7.24. The van der Waals surface area contributed by atoms with E-state index in [2.05, 4.69) is 28.4 Å². The molecule has 3 N–H and O–H groups in total. The van der Waals surface area contributed by atoms with E-state index < -0.39 is 0 Å². The fourth-order valence-electron chi connectivity index (χ4n) is 2.07. The monoisotopic (exact) mass is 254 g/mol. The van der Waals surface area contributed by atoms with Gasteiger partial charge in [0.2, 0.25) is 0 Å². The van der Waals surface area contributed by atoms with Crippen molar-refractivity contribution in [2.24, 2.45) is 0 Å². The molecule has 0 saturated heterocycles. The molecule has 0 spiro atoms. The number of hydrogen-bond donors (Lipinski definition) is 2. The van der Waals surface area contributed by atoms with Gasteiger partial charge in [0.1, 0.15) is 10.8 Å². The van der Waals surface area contributed by atoms with Gasteiger partial charge >= 0.3 is 0 Å². The molecule has 1 aliphatic carbocycles. The number of hydrogen-bond acceptors (Lipinski definition) is 5. The third kappa shape index (κ3) is 3.10. The molecule has 0 radical (unpaired) electrons. The SMILES string of the molecule is CCN(CC)CCNc1snc(N)c1C1CC1. The lowest BCUT2D eigenvalue weighted by molar-refractivity contribution is 0.316. The lowest BCUT2D eigenvalue weighted by Gasteiger charge is -2.18. The van der Waals surface area contributed by atoms with Gasteiger partial charge < -0.3 is 16.0 Å². The van der Waals surface area contributed by atoms with Crippen LogP contribution in [0, 0.1) is 0 Å². The van der Waals surface area contributed by atoms with E-state index in [9.17, 15) is 0 Å². The maximum absolute atomic E-state index is 5.92. The summed E-state index contributed by atoms with van der Waals surface area (Å²) in [6.07, 6.45) is 2.54. The first-order chi connectivity index (χ1) is 8.26. The molecule has 1 aromatic heterocycles. The highest BCUT2D eigenvalue weighted by molar-refractivity contribution is 7.10. The van der Waals surface area contributed by atoms with Crippen molar-refractivity contribution in [3.63, 3.8) is 0 Å². The Hall–Kier alpha value is -0.810. The van der Waals surface area contributed by atoms with Gasteiger partial charge in [-0.25, -0.2) is 0 Å². The van der Waals surface area contributed by atoms with Gasteiger partial charge in [-0.3, -0.25) is 0 Å². The molecular formula is C12H22N4S. The van der Waals surface area contributed by atoms with E-state index in [0.717, 1.165) is 32.0 Å². The molecule has 0 aliphatic heterocycles. The highest BCUT2D eigenvalue weighted by atomic mass is 32.1. The van der Waals surface area contributed by atoms with Crippen LogP contribution in [0.4, 0.5) is 10.8 Å². The Morgan fingerprint density at radius 2 is 2.12 bits per heavy atom. The Bertz CT molecular complexity index is 355. The number of rotatable bonds is 7. The largest absolute Gasteiger partial charge is 0.383 e. The third-order valence-electron chi connectivity index (χ3n) is 3.35. The number of nitrogens with one attached hydrogen (secondary N) is 1. The summed E-state index contributed by atoms with van der Waals surface area (Å²) >= 11 is 1.51. The summed E-state index contributed by atoms with van der Waals surface area (Å²) in [6.45, 7) is 8.67. The molecule has 1 fully saturated rings. The van der Waals surface area contributed by atoms with E-state index >= 15 is 0 Å². The molecular weight excluding hydrogens is 232 g/mol. The molecule has 1 aliphatic rings. The molecule has 0 unspecified atom stereocenters. The predicted octanol–water partition coefficient (Wildman–Crippen LogP) is 2.36. The fourth-order valence-corrected chi connectivity index (χ4v) is 2.90. The maximum atomic E-state index is 5.92. The zero-order valence-corrected chi connectivity index (χ0v) is 11.5. The van der Waals surface area contributed by atoms with Crippen molar-refractivity contribution in [3.05, 3.63) is 5.56 Å². The highest BCUT2D eigenvalue weighted by Crippen LogP contribution is 2.47. The molecule has 0 amide bonds. The quantitative estimate of drug-likeness (QED) is 0.784. The van der Waals surface area contributed by atoms with Gasteiger partial charge in [-0.05, 0) is 43.4 Å². The summed E-state index contributed by atoms with van der Waals surface area (Å²) in [7, 11) is 0. The van der Waals surface area contributed by atoms with Gasteiger partial charge in [0.15, 0.2) is 0 Å². The molecule has 96 valence electrons. The Balaban J connectivity index is 1.86. The summed E-state index contributed by atoms with van der Waals surface area (Å²) in [5, 5.41) is 4.68. The van der Waals surface area contributed by atoms with Crippen LogP contribution in [-0.2, 0) is 0 Å². The number of nitrogen functional groups attached to an aromatic ring is 1. The molecule has 0 atom stereocenters. The average molecular weight is 254 g/mol. The number of nitrogens with two attached hydrogens (primary N) is 1. The van der Waals surface area contributed by atoms with Crippen LogP contribution in [0.2, 0.25) is 0 Å². The minimum Gasteiger partial charge on any atom is -0.383 e. The molecule has 2 rings (SSSR count). The number of likely N-dealkylation sites (N-methyl/N-ethyl adjacent to an activating group) is 1. The van der Waals surface area contributed by atoms with Gasteiger partial charge in [0.05, 0.1) is 0 Å². The Morgan fingerprint density at radius 3 is 2.71 bits per heavy atom. The minimum atomic E-state index is 0.671. The lowest BCUT2D eigenvalue weighted by atomic mass is 10.2. The first-order valence-electron chi connectivity index (χ1n) is 6.47. The standard InChI is InChI=1S/C12H22N4S/c1-3-16(4-2)8-7-14-12-10(9-5-6-9)11(13)15-17-12/h9,14H,3-8H2,1-2H3,(H2,13,15). The van der Waals surface area contributed by atoms with Gasteiger partial charge in [-0.15, -0.1) is 0 Å². The van der Waals surface area contributed by atoms with Crippen LogP contribution >= 0.6 is 11.5 Å². The van der Waals surface area contributed by atoms with Gasteiger partial charge in [-0.1, -0.05) is 13.8 Å². The van der Waals surface area contributed by atoms with Crippen molar-refractivity contribution >= 4 is 22.4 Å². The highest BCUT2D eigenvalue weighted by Gasteiger charge is 2.30. The zero-order valence-electron chi connectivity index (χ0n) is 10.7. The first kappa shape index (κ1) is 12.6. The van der Waals surface area contributed by atoms with E-state index in [-0.39, 0.29) is 0 Å². The predicted molar refractivity (Wildman–Crippen MR) is 74.8 cm³/mol. The second kappa shape index (κ2) is 5.69. The smallest absolute Gasteiger partial charge is 0.142 e. The number of nitrogens with zero attached hydrogens (tertiary/aromatic N) is 2. The molecule has 1 heterocycles. The maximum Gasteiger partial charge on any atom is 0.142 e. The van der Waals surface area contributed by atoms with Crippen molar-refractivity contribution in [1.29, 1.82) is 0 Å². The topological polar surface area (TPSA) is 54.2 Å². The van der Waals surface area contributed by atoms with Gasteiger partial charge in [0, 0.05) is 18.7 Å². The Morgan fingerprint density at radius 1 is 1.41 bits per heavy atom. The van der Waals surface area contributed by atoms with Crippen molar-refractivity contribution in [2.75, 3.05) is 37.2 Å². The molecule has 4 nitrogen and oxygen atoms in total. The van der Waals surface area contributed by atoms with E-state index in [0.29, 0.717) is 5.92 Å². The minimum absolute atomic E-state index is 0.671. The average Bonchev–Trinajstić information content (AvgIpc) is 3.10. The Kier molecular flexibility index (Phi) is 4.23. The third-order valence-corrected chi connectivity index (χ3v) is 4.18. The summed E-state index contributed by atoms with van der Waals surface area (Å²) < 4.78 is 4.26. The second-order valence-corrected chi connectivity index (χ2v) is 5.31. The van der Waals surface area contributed by atoms with E-state index in [1.165, 1.54) is 34.9 Å². The van der Waals surface area contributed by atoms with Crippen LogP contribution < -0.4 is 11.1 Å². The molecule has 0 aromatic carbocycles. The lowest BCUT2D eigenvalue weighted by Crippen LogP contribution is -2.28. The van der Waals surface area contributed by atoms with Crippen LogP contribution in [-0.4, -0.2) is 35.5 Å².